The lowest BCUT2D eigenvalue weighted by Crippen LogP contribution is -2.49. The maximum atomic E-state index is 12.8. The number of benzene rings is 1. The van der Waals surface area contributed by atoms with Gasteiger partial charge in [0.15, 0.2) is 0 Å². The number of hydrogen-bond donors (Lipinski definition) is 2. The fraction of sp³-hybridized carbons (Fsp3) is 0.368. The summed E-state index contributed by atoms with van der Waals surface area (Å²) in [6.45, 7) is 4.67. The van der Waals surface area contributed by atoms with Crippen molar-refractivity contribution in [1.82, 2.24) is 15.1 Å². The molecule has 0 saturated carbocycles. The average molecular weight is 390 g/mol. The molecule has 1 aliphatic rings. The molecule has 0 bridgehead atoms. The number of carbonyl (C=O) groups is 2. The van der Waals surface area contributed by atoms with Gasteiger partial charge in [0.2, 0.25) is 11.8 Å². The minimum atomic E-state index is -0.364. The lowest BCUT2D eigenvalue weighted by molar-refractivity contribution is -0.125. The Morgan fingerprint density at radius 2 is 1.70 bits per heavy atom. The Kier molecular flexibility index (Phi) is 6.92. The van der Waals surface area contributed by atoms with E-state index in [4.69, 9.17) is 0 Å². The highest BCUT2D eigenvalue weighted by atomic mass is 32.1. The van der Waals surface area contributed by atoms with Crippen molar-refractivity contribution in [3.8, 4) is 0 Å². The molecule has 0 atom stereocenters. The zero-order valence-corrected chi connectivity index (χ0v) is 15.8. The third kappa shape index (κ3) is 6.42. The first-order chi connectivity index (χ1) is 13.1. The van der Waals surface area contributed by atoms with Gasteiger partial charge in [-0.05, 0) is 35.7 Å². The number of rotatable bonds is 7. The summed E-state index contributed by atoms with van der Waals surface area (Å²) in [6.07, 6.45) is 0. The van der Waals surface area contributed by atoms with Gasteiger partial charge in [0.05, 0.1) is 13.1 Å². The fourth-order valence-corrected chi connectivity index (χ4v) is 3.65. The number of nitrogens with zero attached hydrogens (tertiary/aromatic N) is 2. The van der Waals surface area contributed by atoms with Gasteiger partial charge in [0.25, 0.3) is 0 Å². The van der Waals surface area contributed by atoms with Crippen molar-refractivity contribution in [1.29, 1.82) is 0 Å². The summed E-state index contributed by atoms with van der Waals surface area (Å²) in [5.41, 5.74) is 0.498. The molecule has 1 aromatic carbocycles. The maximum Gasteiger partial charge on any atom is 0.243 e. The highest BCUT2D eigenvalue weighted by Crippen LogP contribution is 2.13. The Bertz CT molecular complexity index is 744. The minimum Gasteiger partial charge on any atom is -0.346 e. The summed E-state index contributed by atoms with van der Waals surface area (Å²) in [5.74, 6) is -0.872. The third-order valence-corrected chi connectivity index (χ3v) is 5.23. The average Bonchev–Trinajstić information content (AvgIpc) is 3.17. The van der Waals surface area contributed by atoms with Gasteiger partial charge in [-0.25, -0.2) is 4.39 Å². The SMILES string of the molecule is O=C(CN1CCN(Cc2cccs2)CC1)NCC(=O)Nc1ccc(F)cc1. The van der Waals surface area contributed by atoms with Crippen molar-refractivity contribution in [3.63, 3.8) is 0 Å². The lowest BCUT2D eigenvalue weighted by atomic mass is 10.3. The van der Waals surface area contributed by atoms with E-state index < -0.39 is 0 Å². The van der Waals surface area contributed by atoms with Crippen LogP contribution in [-0.2, 0) is 16.1 Å². The molecular formula is C19H23FN4O2S. The summed E-state index contributed by atoms with van der Waals surface area (Å²) in [7, 11) is 0. The number of piperazine rings is 1. The van der Waals surface area contributed by atoms with Crippen molar-refractivity contribution in [3.05, 3.63) is 52.5 Å². The molecule has 2 aromatic rings. The van der Waals surface area contributed by atoms with Gasteiger partial charge in [-0.2, -0.15) is 0 Å². The number of nitrogens with one attached hydrogen (secondary N) is 2. The Morgan fingerprint density at radius 3 is 2.37 bits per heavy atom. The van der Waals surface area contributed by atoms with Gasteiger partial charge < -0.3 is 10.6 Å². The molecule has 144 valence electrons. The van der Waals surface area contributed by atoms with E-state index in [1.54, 1.807) is 11.3 Å². The molecule has 1 aromatic heterocycles. The van der Waals surface area contributed by atoms with Crippen molar-refractivity contribution < 1.29 is 14.0 Å². The molecule has 0 unspecified atom stereocenters. The molecule has 2 N–H and O–H groups in total. The smallest absolute Gasteiger partial charge is 0.243 e. The number of hydrogen-bond acceptors (Lipinski definition) is 5. The van der Waals surface area contributed by atoms with E-state index in [2.05, 4.69) is 37.9 Å². The van der Waals surface area contributed by atoms with E-state index in [9.17, 15) is 14.0 Å². The van der Waals surface area contributed by atoms with E-state index in [1.807, 2.05) is 0 Å². The maximum absolute atomic E-state index is 12.8. The van der Waals surface area contributed by atoms with E-state index in [1.165, 1.54) is 29.1 Å². The topological polar surface area (TPSA) is 64.7 Å². The number of carbonyl (C=O) groups excluding carboxylic acids is 2. The molecule has 8 heteroatoms. The lowest BCUT2D eigenvalue weighted by Gasteiger charge is -2.34. The Balaban J connectivity index is 1.32. The van der Waals surface area contributed by atoms with E-state index in [0.29, 0.717) is 5.69 Å². The molecule has 6 nitrogen and oxygen atoms in total. The zero-order chi connectivity index (χ0) is 19.1. The molecule has 0 spiro atoms. The number of thiophene rings is 1. The molecule has 0 aliphatic carbocycles. The molecule has 1 aliphatic heterocycles. The van der Waals surface area contributed by atoms with Crippen LogP contribution in [-0.4, -0.2) is 60.9 Å². The second kappa shape index (κ2) is 9.59. The molecule has 1 fully saturated rings. The molecule has 3 rings (SSSR count). The predicted octanol–water partition coefficient (Wildman–Crippen LogP) is 1.76. The van der Waals surface area contributed by atoms with E-state index >= 15 is 0 Å². The van der Waals surface area contributed by atoms with E-state index in [0.717, 1.165) is 32.7 Å². The quantitative estimate of drug-likeness (QED) is 0.756. The molecule has 27 heavy (non-hydrogen) atoms. The van der Waals surface area contributed by atoms with Gasteiger partial charge in [-0.3, -0.25) is 19.4 Å². The van der Waals surface area contributed by atoms with Gasteiger partial charge in [-0.1, -0.05) is 6.07 Å². The van der Waals surface area contributed by atoms with Crippen LogP contribution in [0.3, 0.4) is 0 Å². The zero-order valence-electron chi connectivity index (χ0n) is 15.0. The van der Waals surface area contributed by atoms with Crippen LogP contribution in [0.1, 0.15) is 4.88 Å². The van der Waals surface area contributed by atoms with Crippen LogP contribution in [0.25, 0.3) is 0 Å². The van der Waals surface area contributed by atoms with Gasteiger partial charge in [-0.15, -0.1) is 11.3 Å². The van der Waals surface area contributed by atoms with Gasteiger partial charge >= 0.3 is 0 Å². The second-order valence-corrected chi connectivity index (χ2v) is 7.50. The fourth-order valence-electron chi connectivity index (χ4n) is 2.90. The minimum absolute atomic E-state index is 0.103. The highest BCUT2D eigenvalue weighted by molar-refractivity contribution is 7.09. The van der Waals surface area contributed by atoms with Crippen molar-refractivity contribution in [2.45, 2.75) is 6.54 Å². The molecule has 2 amide bonds. The van der Waals surface area contributed by atoms with Crippen molar-refractivity contribution in [2.24, 2.45) is 0 Å². The second-order valence-electron chi connectivity index (χ2n) is 6.46. The summed E-state index contributed by atoms with van der Waals surface area (Å²) in [6, 6.07) is 9.70. The van der Waals surface area contributed by atoms with E-state index in [-0.39, 0.29) is 30.7 Å². The van der Waals surface area contributed by atoms with Crippen LogP contribution >= 0.6 is 11.3 Å². The molecular weight excluding hydrogens is 367 g/mol. The van der Waals surface area contributed by atoms with Crippen molar-refractivity contribution >= 4 is 28.8 Å². The van der Waals surface area contributed by atoms with Gasteiger partial charge in [0, 0.05) is 43.3 Å². The summed E-state index contributed by atoms with van der Waals surface area (Å²) < 4.78 is 12.8. The monoisotopic (exact) mass is 390 g/mol. The Hall–Kier alpha value is -2.29. The number of halogens is 1. The summed E-state index contributed by atoms with van der Waals surface area (Å²) >= 11 is 1.76. The highest BCUT2D eigenvalue weighted by Gasteiger charge is 2.19. The third-order valence-electron chi connectivity index (χ3n) is 4.37. The predicted molar refractivity (Wildman–Crippen MR) is 104 cm³/mol. The van der Waals surface area contributed by atoms with Crippen LogP contribution in [0, 0.1) is 5.82 Å². The first-order valence-electron chi connectivity index (χ1n) is 8.88. The Labute approximate surface area is 162 Å². The molecule has 0 radical (unpaired) electrons. The van der Waals surface area contributed by atoms with Crippen LogP contribution in [0.15, 0.2) is 41.8 Å². The summed E-state index contributed by atoms with van der Waals surface area (Å²) in [4.78, 5) is 29.7. The molecule has 1 saturated heterocycles. The van der Waals surface area contributed by atoms with Crippen LogP contribution in [0.5, 0.6) is 0 Å². The first-order valence-corrected chi connectivity index (χ1v) is 9.75. The van der Waals surface area contributed by atoms with Crippen LogP contribution in [0.2, 0.25) is 0 Å². The van der Waals surface area contributed by atoms with Gasteiger partial charge in [0.1, 0.15) is 5.82 Å². The number of anilines is 1. The largest absolute Gasteiger partial charge is 0.346 e. The normalized spacial score (nSPS) is 15.4. The van der Waals surface area contributed by atoms with Crippen LogP contribution in [0.4, 0.5) is 10.1 Å². The summed E-state index contributed by atoms with van der Waals surface area (Å²) in [5, 5.41) is 7.33. The molecule has 2 heterocycles. The first kappa shape index (κ1) is 19.5. The van der Waals surface area contributed by atoms with Crippen LogP contribution < -0.4 is 10.6 Å². The standard InChI is InChI=1S/C19H23FN4O2S/c20-15-3-5-16(6-4-15)22-18(25)12-21-19(26)14-24-9-7-23(8-10-24)13-17-2-1-11-27-17/h1-6,11H,7-10,12-14H2,(H,21,26)(H,22,25). The Morgan fingerprint density at radius 1 is 1.00 bits per heavy atom. The number of amides is 2. The van der Waals surface area contributed by atoms with Crippen molar-refractivity contribution in [2.75, 3.05) is 44.6 Å².